The Morgan fingerprint density at radius 2 is 2.11 bits per heavy atom. The van der Waals surface area contributed by atoms with E-state index in [1.165, 1.54) is 0 Å². The molecule has 2 aliphatic rings. The average Bonchev–Trinajstić information content (AvgIpc) is 3.16. The Bertz CT molecular complexity index is 833. The van der Waals surface area contributed by atoms with E-state index in [1.807, 2.05) is 24.3 Å². The maximum Gasteiger partial charge on any atom is 0.231 e. The zero-order valence-corrected chi connectivity index (χ0v) is 15.8. The Labute approximate surface area is 163 Å². The van der Waals surface area contributed by atoms with Crippen LogP contribution in [0, 0.1) is 5.92 Å². The van der Waals surface area contributed by atoms with Crippen molar-refractivity contribution in [2.45, 2.75) is 37.8 Å². The van der Waals surface area contributed by atoms with Crippen molar-refractivity contribution in [1.29, 1.82) is 0 Å². The highest BCUT2D eigenvalue weighted by atomic mass is 16.7. The van der Waals surface area contributed by atoms with Crippen molar-refractivity contribution < 1.29 is 24.1 Å². The van der Waals surface area contributed by atoms with E-state index in [4.69, 9.17) is 14.2 Å². The Hall–Kier alpha value is -2.80. The number of nitrogens with zero attached hydrogens (tertiary/aromatic N) is 1. The number of aryl methyl sites for hydroxylation is 1. The summed E-state index contributed by atoms with van der Waals surface area (Å²) in [5.74, 6) is 2.18. The summed E-state index contributed by atoms with van der Waals surface area (Å²) in [7, 11) is 1.57. The highest BCUT2D eigenvalue weighted by Gasteiger charge is 2.35. The predicted octanol–water partition coefficient (Wildman–Crippen LogP) is 2.38. The molecule has 4 rings (SSSR count). The van der Waals surface area contributed by atoms with Gasteiger partial charge in [-0.2, -0.15) is 0 Å². The number of hydrogen-bond donors (Lipinski definition) is 2. The predicted molar refractivity (Wildman–Crippen MR) is 101 cm³/mol. The van der Waals surface area contributed by atoms with E-state index in [2.05, 4.69) is 10.3 Å². The van der Waals surface area contributed by atoms with Gasteiger partial charge >= 0.3 is 0 Å². The van der Waals surface area contributed by atoms with E-state index in [9.17, 15) is 9.90 Å². The number of hydrogen-bond acceptors (Lipinski definition) is 6. The number of amides is 1. The monoisotopic (exact) mass is 384 g/mol. The number of methoxy groups -OCH3 is 1. The van der Waals surface area contributed by atoms with Crippen LogP contribution in [-0.4, -0.2) is 36.0 Å². The van der Waals surface area contributed by atoms with Crippen molar-refractivity contribution in [2.75, 3.05) is 13.9 Å². The zero-order chi connectivity index (χ0) is 19.5. The van der Waals surface area contributed by atoms with Gasteiger partial charge in [0, 0.05) is 18.7 Å². The second-order valence-corrected chi connectivity index (χ2v) is 7.25. The van der Waals surface area contributed by atoms with E-state index in [0.29, 0.717) is 31.6 Å². The maximum absolute atomic E-state index is 12.6. The molecule has 0 bridgehead atoms. The van der Waals surface area contributed by atoms with Gasteiger partial charge in [-0.1, -0.05) is 12.1 Å². The second-order valence-electron chi connectivity index (χ2n) is 7.25. The summed E-state index contributed by atoms with van der Waals surface area (Å²) >= 11 is 0. The van der Waals surface area contributed by atoms with Crippen LogP contribution in [0.4, 0.5) is 0 Å². The molecule has 1 fully saturated rings. The van der Waals surface area contributed by atoms with Gasteiger partial charge in [-0.05, 0) is 48.4 Å². The van der Waals surface area contributed by atoms with Crippen molar-refractivity contribution in [3.05, 3.63) is 47.7 Å². The summed E-state index contributed by atoms with van der Waals surface area (Å²) < 4.78 is 15.8. The minimum atomic E-state index is -0.288. The third-order valence-electron chi connectivity index (χ3n) is 5.34. The van der Waals surface area contributed by atoms with Gasteiger partial charge in [0.2, 0.25) is 18.6 Å². The van der Waals surface area contributed by atoms with Crippen molar-refractivity contribution >= 4 is 5.91 Å². The first-order valence-electron chi connectivity index (χ1n) is 9.48. The number of aliphatic hydroxyl groups is 1. The molecule has 28 heavy (non-hydrogen) atoms. The smallest absolute Gasteiger partial charge is 0.231 e. The first-order valence-corrected chi connectivity index (χ1v) is 9.48. The Kier molecular flexibility index (Phi) is 5.34. The lowest BCUT2D eigenvalue weighted by atomic mass is 9.75. The van der Waals surface area contributed by atoms with Gasteiger partial charge in [0.1, 0.15) is 0 Å². The molecule has 1 aliphatic heterocycles. The van der Waals surface area contributed by atoms with E-state index in [-0.39, 0.29) is 30.8 Å². The lowest BCUT2D eigenvalue weighted by Gasteiger charge is -2.38. The second kappa shape index (κ2) is 8.06. The molecular weight excluding hydrogens is 360 g/mol. The number of rotatable bonds is 7. The molecule has 2 aromatic rings. The fourth-order valence-electron chi connectivity index (χ4n) is 3.67. The topological polar surface area (TPSA) is 89.9 Å². The Morgan fingerprint density at radius 1 is 1.29 bits per heavy atom. The number of benzene rings is 1. The van der Waals surface area contributed by atoms with Gasteiger partial charge in [-0.25, -0.2) is 4.98 Å². The van der Waals surface area contributed by atoms with Gasteiger partial charge in [-0.15, -0.1) is 0 Å². The van der Waals surface area contributed by atoms with E-state index in [0.717, 1.165) is 22.6 Å². The summed E-state index contributed by atoms with van der Waals surface area (Å²) in [6, 6.07) is 9.29. The number of aliphatic hydroxyl groups excluding tert-OH is 1. The molecule has 1 amide bonds. The van der Waals surface area contributed by atoms with Crippen molar-refractivity contribution in [3.8, 4) is 17.4 Å². The first kappa shape index (κ1) is 18.6. The van der Waals surface area contributed by atoms with Crippen LogP contribution >= 0.6 is 0 Å². The molecule has 7 heteroatoms. The number of ether oxygens (including phenoxy) is 3. The molecule has 148 valence electrons. The van der Waals surface area contributed by atoms with Crippen LogP contribution in [0.1, 0.15) is 36.4 Å². The molecule has 1 saturated carbocycles. The van der Waals surface area contributed by atoms with Crippen LogP contribution in [0.15, 0.2) is 36.5 Å². The molecule has 1 aromatic carbocycles. The summed E-state index contributed by atoms with van der Waals surface area (Å²) in [6.45, 7) is 0.240. The van der Waals surface area contributed by atoms with Crippen LogP contribution < -0.4 is 19.5 Å². The third kappa shape index (κ3) is 4.04. The van der Waals surface area contributed by atoms with Crippen molar-refractivity contribution in [2.24, 2.45) is 5.92 Å². The first-order chi connectivity index (χ1) is 13.6. The van der Waals surface area contributed by atoms with Crippen LogP contribution in [-0.2, 0) is 11.2 Å². The van der Waals surface area contributed by atoms with Crippen LogP contribution in [0.3, 0.4) is 0 Å². The lowest BCUT2D eigenvalue weighted by Crippen LogP contribution is -2.41. The fourth-order valence-corrected chi connectivity index (χ4v) is 3.67. The maximum atomic E-state index is 12.6. The molecule has 1 unspecified atom stereocenters. The molecule has 1 atom stereocenters. The van der Waals surface area contributed by atoms with E-state index >= 15 is 0 Å². The van der Waals surface area contributed by atoms with Gasteiger partial charge in [0.15, 0.2) is 11.5 Å². The van der Waals surface area contributed by atoms with Crippen LogP contribution in [0.5, 0.6) is 17.4 Å². The largest absolute Gasteiger partial charge is 0.481 e. The minimum Gasteiger partial charge on any atom is -0.481 e. The number of carbonyl (C=O) groups is 1. The summed E-state index contributed by atoms with van der Waals surface area (Å²) in [5, 5.41) is 12.8. The number of aromatic nitrogens is 1. The minimum absolute atomic E-state index is 0.0279. The van der Waals surface area contributed by atoms with Crippen molar-refractivity contribution in [3.63, 3.8) is 0 Å². The number of nitrogens with one attached hydrogen (secondary N) is 1. The molecule has 2 heterocycles. The molecule has 2 N–H and O–H groups in total. The summed E-state index contributed by atoms with van der Waals surface area (Å²) in [6.07, 6.45) is 3.78. The number of fused-ring (bicyclic) bond motifs is 1. The molecule has 1 aliphatic carbocycles. The third-order valence-corrected chi connectivity index (χ3v) is 5.34. The molecular formula is C21H24N2O5. The highest BCUT2D eigenvalue weighted by molar-refractivity contribution is 5.76. The van der Waals surface area contributed by atoms with Crippen LogP contribution in [0.25, 0.3) is 0 Å². The zero-order valence-electron chi connectivity index (χ0n) is 15.8. The molecule has 0 spiro atoms. The molecule has 1 aromatic heterocycles. The quantitative estimate of drug-likeness (QED) is 0.762. The van der Waals surface area contributed by atoms with Crippen LogP contribution in [0.2, 0.25) is 0 Å². The molecule has 0 radical (unpaired) electrons. The van der Waals surface area contributed by atoms with E-state index < -0.39 is 0 Å². The highest BCUT2D eigenvalue weighted by Crippen LogP contribution is 2.38. The van der Waals surface area contributed by atoms with E-state index in [1.54, 1.807) is 19.4 Å². The molecule has 0 saturated heterocycles. The summed E-state index contributed by atoms with van der Waals surface area (Å²) in [4.78, 5) is 16.9. The number of carbonyl (C=O) groups excluding carboxylic acids is 1. The Morgan fingerprint density at radius 3 is 2.82 bits per heavy atom. The fraction of sp³-hybridized carbons (Fsp3) is 0.429. The van der Waals surface area contributed by atoms with Gasteiger partial charge < -0.3 is 24.6 Å². The van der Waals surface area contributed by atoms with Gasteiger partial charge in [0.05, 0.1) is 19.3 Å². The lowest BCUT2D eigenvalue weighted by molar-refractivity contribution is -0.123. The SMILES string of the molecule is COc1ccc(C(NC(=O)CCc2ccc3c(c2)OCO3)C2CC(O)C2)cn1. The normalized spacial score (nSPS) is 20.9. The number of pyridine rings is 1. The standard InChI is InChI=1S/C21H24N2O5/c1-26-20-7-4-14(11-22-20)21(15-9-16(24)10-15)23-19(25)6-3-13-2-5-17-18(8-13)28-12-27-17/h2,4-5,7-8,11,15-16,21,24H,3,6,9-10,12H2,1H3,(H,23,25). The summed E-state index contributed by atoms with van der Waals surface area (Å²) in [5.41, 5.74) is 1.95. The van der Waals surface area contributed by atoms with Crippen molar-refractivity contribution in [1.82, 2.24) is 10.3 Å². The average molecular weight is 384 g/mol. The Balaban J connectivity index is 1.39. The van der Waals surface area contributed by atoms with Gasteiger partial charge in [-0.3, -0.25) is 4.79 Å². The van der Waals surface area contributed by atoms with Gasteiger partial charge in [0.25, 0.3) is 0 Å². The molecule has 7 nitrogen and oxygen atoms in total.